The summed E-state index contributed by atoms with van der Waals surface area (Å²) < 4.78 is 0. The summed E-state index contributed by atoms with van der Waals surface area (Å²) in [7, 11) is 1.89. The number of carbonyl (C=O) groups is 3. The third kappa shape index (κ3) is 8.24. The number of aryl methyl sites for hydroxylation is 1. The molecule has 0 bridgehead atoms. The van der Waals surface area contributed by atoms with E-state index in [1.165, 1.54) is 0 Å². The van der Waals surface area contributed by atoms with E-state index >= 15 is 0 Å². The number of pyridine rings is 1. The first kappa shape index (κ1) is 30.9. The van der Waals surface area contributed by atoms with Crippen LogP contribution in [0.5, 0.6) is 0 Å². The quantitative estimate of drug-likeness (QED) is 0.263. The number of benzene rings is 2. The largest absolute Gasteiger partial charge is 0.329 e. The molecule has 0 aliphatic carbocycles. The number of nitrogens with zero attached hydrogens (tertiary/aromatic N) is 2. The van der Waals surface area contributed by atoms with E-state index in [1.54, 1.807) is 23.2 Å². The lowest BCUT2D eigenvalue weighted by Crippen LogP contribution is -2.49. The molecule has 0 saturated carbocycles. The molecule has 0 radical (unpaired) electrons. The number of piperidine rings is 1. The number of rotatable bonds is 12. The molecule has 2 aromatic carbocycles. The van der Waals surface area contributed by atoms with E-state index in [0.717, 1.165) is 54.6 Å². The van der Waals surface area contributed by atoms with Crippen molar-refractivity contribution in [1.82, 2.24) is 20.5 Å². The maximum Gasteiger partial charge on any atom is 0.244 e. The standard InChI is InChI=1S/C33H42N6O3/c1-4-24-12-13-28(19-27(24)20-30(40)38-29-11-7-8-16-36-29)37-31(41)23-39(32(42)33(2)14-17-35-18-15-33)22-26-10-6-5-9-25(26)21-34-3/h5-13,16,19,34-35H,4,14-15,17-18,20-23H2,1-3H3,(H,37,41)(H,36,38,40). The lowest BCUT2D eigenvalue weighted by Gasteiger charge is -2.37. The Bertz CT molecular complexity index is 1370. The summed E-state index contributed by atoms with van der Waals surface area (Å²) >= 11 is 0. The first-order chi connectivity index (χ1) is 20.3. The van der Waals surface area contributed by atoms with Crippen LogP contribution >= 0.6 is 0 Å². The van der Waals surface area contributed by atoms with E-state index in [-0.39, 0.29) is 30.7 Å². The molecule has 9 heteroatoms. The van der Waals surface area contributed by atoms with Crippen molar-refractivity contribution >= 4 is 29.2 Å². The fourth-order valence-electron chi connectivity index (χ4n) is 5.44. The average Bonchev–Trinajstić information content (AvgIpc) is 2.98. The predicted octanol–water partition coefficient (Wildman–Crippen LogP) is 3.90. The molecule has 1 aliphatic rings. The van der Waals surface area contributed by atoms with E-state index < -0.39 is 5.41 Å². The highest BCUT2D eigenvalue weighted by Crippen LogP contribution is 2.31. The summed E-state index contributed by atoms with van der Waals surface area (Å²) in [4.78, 5) is 46.0. The topological polar surface area (TPSA) is 115 Å². The summed E-state index contributed by atoms with van der Waals surface area (Å²) in [6, 6.07) is 19.0. The van der Waals surface area contributed by atoms with Gasteiger partial charge in [-0.1, -0.05) is 50.2 Å². The summed E-state index contributed by atoms with van der Waals surface area (Å²) in [6.07, 6.45) is 3.99. The second-order valence-corrected chi connectivity index (χ2v) is 11.1. The highest BCUT2D eigenvalue weighted by molar-refractivity contribution is 5.96. The number of aromatic nitrogens is 1. The summed E-state index contributed by atoms with van der Waals surface area (Å²) in [5.41, 5.74) is 4.03. The van der Waals surface area contributed by atoms with Gasteiger partial charge < -0.3 is 26.2 Å². The van der Waals surface area contributed by atoms with Gasteiger partial charge in [0.05, 0.1) is 6.42 Å². The van der Waals surface area contributed by atoms with Crippen LogP contribution in [-0.2, 0) is 40.3 Å². The van der Waals surface area contributed by atoms with Gasteiger partial charge >= 0.3 is 0 Å². The number of carbonyl (C=O) groups excluding carboxylic acids is 3. The van der Waals surface area contributed by atoms with E-state index in [0.29, 0.717) is 24.6 Å². The molecule has 0 spiro atoms. The Morgan fingerprint density at radius 2 is 1.64 bits per heavy atom. The van der Waals surface area contributed by atoms with Crippen molar-refractivity contribution in [1.29, 1.82) is 0 Å². The van der Waals surface area contributed by atoms with Crippen molar-refractivity contribution in [3.05, 3.63) is 89.1 Å². The Balaban J connectivity index is 1.50. The van der Waals surface area contributed by atoms with Crippen LogP contribution in [0.1, 0.15) is 48.9 Å². The summed E-state index contributed by atoms with van der Waals surface area (Å²) in [5, 5.41) is 12.3. The molecule has 9 nitrogen and oxygen atoms in total. The van der Waals surface area contributed by atoms with Gasteiger partial charge in [0, 0.05) is 30.4 Å². The van der Waals surface area contributed by atoms with Crippen molar-refractivity contribution in [2.45, 2.75) is 52.6 Å². The molecule has 3 aromatic rings. The molecule has 222 valence electrons. The van der Waals surface area contributed by atoms with Gasteiger partial charge in [0.1, 0.15) is 12.4 Å². The van der Waals surface area contributed by atoms with Crippen molar-refractivity contribution in [3.8, 4) is 0 Å². The van der Waals surface area contributed by atoms with Gasteiger partial charge in [-0.2, -0.15) is 0 Å². The van der Waals surface area contributed by atoms with Crippen LogP contribution in [0.2, 0.25) is 0 Å². The van der Waals surface area contributed by atoms with Gasteiger partial charge in [-0.3, -0.25) is 14.4 Å². The molecule has 1 fully saturated rings. The third-order valence-electron chi connectivity index (χ3n) is 7.85. The fourth-order valence-corrected chi connectivity index (χ4v) is 5.44. The minimum absolute atomic E-state index is 0.00776. The van der Waals surface area contributed by atoms with Crippen molar-refractivity contribution in [2.24, 2.45) is 5.41 Å². The zero-order chi connectivity index (χ0) is 30.0. The van der Waals surface area contributed by atoms with E-state index in [1.807, 2.05) is 69.4 Å². The van der Waals surface area contributed by atoms with Crippen LogP contribution in [0, 0.1) is 5.41 Å². The van der Waals surface area contributed by atoms with E-state index in [9.17, 15) is 14.4 Å². The maximum absolute atomic E-state index is 13.9. The monoisotopic (exact) mass is 570 g/mol. The van der Waals surface area contributed by atoms with Gasteiger partial charge in [-0.25, -0.2) is 4.98 Å². The summed E-state index contributed by atoms with van der Waals surface area (Å²) in [6.45, 7) is 6.54. The van der Waals surface area contributed by atoms with Crippen LogP contribution in [-0.4, -0.2) is 54.3 Å². The number of anilines is 2. The van der Waals surface area contributed by atoms with Crippen LogP contribution in [0.4, 0.5) is 11.5 Å². The molecule has 1 aliphatic heterocycles. The van der Waals surface area contributed by atoms with Crippen molar-refractivity contribution in [3.63, 3.8) is 0 Å². The lowest BCUT2D eigenvalue weighted by atomic mass is 9.79. The van der Waals surface area contributed by atoms with Gasteiger partial charge in [-0.05, 0) is 85.9 Å². The summed E-state index contributed by atoms with van der Waals surface area (Å²) in [5.74, 6) is 0.0272. The average molecular weight is 571 g/mol. The molecule has 4 N–H and O–H groups in total. The van der Waals surface area contributed by atoms with Crippen molar-refractivity contribution in [2.75, 3.05) is 37.3 Å². The molecule has 2 heterocycles. The first-order valence-electron chi connectivity index (χ1n) is 14.7. The predicted molar refractivity (Wildman–Crippen MR) is 166 cm³/mol. The molecule has 1 saturated heterocycles. The minimum Gasteiger partial charge on any atom is -0.329 e. The van der Waals surface area contributed by atoms with Crippen LogP contribution in [0.25, 0.3) is 0 Å². The van der Waals surface area contributed by atoms with Gasteiger partial charge in [0.2, 0.25) is 17.7 Å². The Morgan fingerprint density at radius 3 is 2.33 bits per heavy atom. The molecular formula is C33H42N6O3. The van der Waals surface area contributed by atoms with Gasteiger partial charge in [0.25, 0.3) is 0 Å². The highest BCUT2D eigenvalue weighted by atomic mass is 16.2. The molecule has 1 aromatic heterocycles. The SMILES string of the molecule is CCc1ccc(NC(=O)CN(Cc2ccccc2CNC)C(=O)C2(C)CCNCC2)cc1CC(=O)Nc1ccccn1. The molecular weight excluding hydrogens is 528 g/mol. The first-order valence-corrected chi connectivity index (χ1v) is 14.7. The number of amides is 3. The number of hydrogen-bond donors (Lipinski definition) is 4. The Labute approximate surface area is 248 Å². The molecule has 42 heavy (non-hydrogen) atoms. The molecule has 4 rings (SSSR count). The fraction of sp³-hybridized carbons (Fsp3) is 0.394. The zero-order valence-electron chi connectivity index (χ0n) is 24.8. The second-order valence-electron chi connectivity index (χ2n) is 11.1. The maximum atomic E-state index is 13.9. The second kappa shape index (κ2) is 14.7. The highest BCUT2D eigenvalue weighted by Gasteiger charge is 2.38. The third-order valence-corrected chi connectivity index (χ3v) is 7.85. The number of nitrogens with one attached hydrogen (secondary N) is 4. The normalized spacial score (nSPS) is 14.2. The molecule has 3 amide bonds. The smallest absolute Gasteiger partial charge is 0.244 e. The van der Waals surface area contributed by atoms with Crippen LogP contribution in [0.3, 0.4) is 0 Å². The van der Waals surface area contributed by atoms with Gasteiger partial charge in [-0.15, -0.1) is 0 Å². The van der Waals surface area contributed by atoms with Crippen molar-refractivity contribution < 1.29 is 14.4 Å². The lowest BCUT2D eigenvalue weighted by molar-refractivity contribution is -0.145. The Hall–Kier alpha value is -4.08. The zero-order valence-corrected chi connectivity index (χ0v) is 24.8. The van der Waals surface area contributed by atoms with E-state index in [4.69, 9.17) is 0 Å². The Kier molecular flexibility index (Phi) is 10.8. The molecule has 0 atom stereocenters. The minimum atomic E-state index is -0.527. The van der Waals surface area contributed by atoms with Crippen LogP contribution in [0.15, 0.2) is 66.9 Å². The Morgan fingerprint density at radius 1 is 0.905 bits per heavy atom. The van der Waals surface area contributed by atoms with Gasteiger partial charge in [0.15, 0.2) is 0 Å². The number of hydrogen-bond acceptors (Lipinski definition) is 6. The molecule has 0 unspecified atom stereocenters. The van der Waals surface area contributed by atoms with Crippen LogP contribution < -0.4 is 21.3 Å². The van der Waals surface area contributed by atoms with E-state index in [2.05, 4.69) is 26.3 Å².